The maximum Gasteiger partial charge on any atom is 0.246 e. The molecule has 94 valence electrons. The maximum absolute atomic E-state index is 12.3. The van der Waals surface area contributed by atoms with Crippen LogP contribution in [0.2, 0.25) is 0 Å². The number of rotatable bonds is 2. The third-order valence-electron chi connectivity index (χ3n) is 3.09. The molecule has 0 spiro atoms. The summed E-state index contributed by atoms with van der Waals surface area (Å²) in [4.78, 5) is 16.4. The molecule has 2 aromatic rings. The molecule has 4 nitrogen and oxygen atoms in total. The van der Waals surface area contributed by atoms with E-state index in [1.807, 2.05) is 19.1 Å². The molecule has 0 saturated heterocycles. The molecule has 0 fully saturated rings. The molecular weight excluding hydrogens is 268 g/mol. The van der Waals surface area contributed by atoms with Crippen molar-refractivity contribution < 1.29 is 9.53 Å². The number of aromatic nitrogens is 2. The fraction of sp³-hybridized carbons (Fsp3) is 0.333. The monoisotopic (exact) mass is 280 g/mol. The quantitative estimate of drug-likeness (QED) is 0.858. The summed E-state index contributed by atoms with van der Waals surface area (Å²) in [7, 11) is 1.63. The Labute approximate surface area is 113 Å². The van der Waals surface area contributed by atoms with E-state index in [1.54, 1.807) is 23.4 Å². The van der Waals surface area contributed by atoms with Crippen molar-refractivity contribution in [2.45, 2.75) is 23.5 Å². The van der Waals surface area contributed by atoms with Gasteiger partial charge in [0.15, 0.2) is 4.77 Å². The Kier molecular flexibility index (Phi) is 2.71. The van der Waals surface area contributed by atoms with Crippen molar-refractivity contribution in [3.63, 3.8) is 0 Å². The smallest absolute Gasteiger partial charge is 0.246 e. The van der Waals surface area contributed by atoms with Crippen molar-refractivity contribution >= 4 is 40.9 Å². The number of aromatic amines is 1. The number of ether oxygens (including phenoxy) is 1. The predicted octanol–water partition coefficient (Wildman–Crippen LogP) is 3.23. The molecule has 1 N–H and O–H groups in total. The minimum absolute atomic E-state index is 0.0661. The van der Waals surface area contributed by atoms with Gasteiger partial charge in [0.1, 0.15) is 5.75 Å². The summed E-state index contributed by atoms with van der Waals surface area (Å²) in [6.07, 6.45) is 0.786. The Morgan fingerprint density at radius 3 is 3.00 bits per heavy atom. The molecule has 0 radical (unpaired) electrons. The van der Waals surface area contributed by atoms with Crippen molar-refractivity contribution in [2.75, 3.05) is 7.11 Å². The van der Waals surface area contributed by atoms with Gasteiger partial charge in [-0.1, -0.05) is 6.92 Å². The lowest BCUT2D eigenvalue weighted by atomic mass is 10.2. The Bertz CT molecular complexity index is 702. The van der Waals surface area contributed by atoms with E-state index in [0.717, 1.165) is 28.1 Å². The first-order chi connectivity index (χ1) is 8.65. The minimum Gasteiger partial charge on any atom is -0.497 e. The molecule has 2 heterocycles. The molecular formula is C12H12N2O2S2. The average Bonchev–Trinajstić information content (AvgIpc) is 2.70. The second kappa shape index (κ2) is 4.13. The second-order valence-corrected chi connectivity index (χ2v) is 5.77. The normalized spacial score (nSPS) is 18.3. The van der Waals surface area contributed by atoms with Gasteiger partial charge in [0, 0.05) is 11.0 Å². The van der Waals surface area contributed by atoms with Crippen molar-refractivity contribution in [1.29, 1.82) is 0 Å². The predicted molar refractivity (Wildman–Crippen MR) is 74.2 cm³/mol. The number of H-pyrrole nitrogens is 1. The first kappa shape index (κ1) is 11.8. The molecule has 3 rings (SSSR count). The fourth-order valence-electron chi connectivity index (χ4n) is 2.20. The number of hydrogen-bond donors (Lipinski definition) is 1. The van der Waals surface area contributed by atoms with Crippen LogP contribution in [-0.2, 0) is 0 Å². The molecule has 1 atom stereocenters. The van der Waals surface area contributed by atoms with Gasteiger partial charge in [0.25, 0.3) is 0 Å². The third kappa shape index (κ3) is 1.52. The lowest BCUT2D eigenvalue weighted by Crippen LogP contribution is -2.26. The molecule has 1 aliphatic rings. The third-order valence-corrected chi connectivity index (χ3v) is 4.76. The number of carbonyl (C=O) groups is 1. The molecule has 0 amide bonds. The van der Waals surface area contributed by atoms with Crippen LogP contribution in [0.4, 0.5) is 0 Å². The van der Waals surface area contributed by atoms with Gasteiger partial charge in [0.05, 0.1) is 23.4 Å². The lowest BCUT2D eigenvalue weighted by molar-refractivity contribution is 0.0910. The highest BCUT2D eigenvalue weighted by Crippen LogP contribution is 2.39. The van der Waals surface area contributed by atoms with Crippen LogP contribution in [0.15, 0.2) is 17.0 Å². The second-order valence-electron chi connectivity index (χ2n) is 4.14. The van der Waals surface area contributed by atoms with Gasteiger partial charge in [-0.3, -0.25) is 9.36 Å². The first-order valence-electron chi connectivity index (χ1n) is 5.69. The number of thioether (sulfide) groups is 1. The zero-order chi connectivity index (χ0) is 12.9. The standard InChI is InChI=1S/C12H12N2O2S2/c1-3-8-11(15)14-10-7(13-12(14)17)4-6(16-2)5-9(10)18-8/h4-5,8H,3H2,1-2H3,(H,13,17). The largest absolute Gasteiger partial charge is 0.497 e. The number of carbonyl (C=O) groups excluding carboxylic acids is 1. The summed E-state index contributed by atoms with van der Waals surface area (Å²) < 4.78 is 7.35. The molecule has 6 heteroatoms. The summed E-state index contributed by atoms with van der Waals surface area (Å²) in [6.45, 7) is 2.01. The van der Waals surface area contributed by atoms with E-state index < -0.39 is 0 Å². The van der Waals surface area contributed by atoms with E-state index in [-0.39, 0.29) is 11.2 Å². The van der Waals surface area contributed by atoms with Crippen molar-refractivity contribution in [3.05, 3.63) is 16.9 Å². The molecule has 0 aliphatic carbocycles. The van der Waals surface area contributed by atoms with Crippen LogP contribution in [-0.4, -0.2) is 27.8 Å². The summed E-state index contributed by atoms with van der Waals surface area (Å²) in [5.41, 5.74) is 1.73. The summed E-state index contributed by atoms with van der Waals surface area (Å²) >= 11 is 6.82. The molecule has 0 bridgehead atoms. The average molecular weight is 280 g/mol. The molecule has 18 heavy (non-hydrogen) atoms. The number of nitrogens with zero attached hydrogens (tertiary/aromatic N) is 1. The minimum atomic E-state index is -0.0738. The number of methoxy groups -OCH3 is 1. The maximum atomic E-state index is 12.3. The lowest BCUT2D eigenvalue weighted by Gasteiger charge is -2.21. The topological polar surface area (TPSA) is 47.0 Å². The van der Waals surface area contributed by atoms with Gasteiger partial charge in [-0.25, -0.2) is 0 Å². The van der Waals surface area contributed by atoms with Crippen LogP contribution in [0.1, 0.15) is 18.1 Å². The highest BCUT2D eigenvalue weighted by atomic mass is 32.2. The van der Waals surface area contributed by atoms with Crippen LogP contribution >= 0.6 is 24.0 Å². The van der Waals surface area contributed by atoms with Crippen molar-refractivity contribution in [1.82, 2.24) is 9.55 Å². The van der Waals surface area contributed by atoms with Gasteiger partial charge < -0.3 is 9.72 Å². The van der Waals surface area contributed by atoms with Crippen LogP contribution in [0.25, 0.3) is 11.0 Å². The zero-order valence-corrected chi connectivity index (χ0v) is 11.7. The van der Waals surface area contributed by atoms with E-state index in [9.17, 15) is 4.79 Å². The van der Waals surface area contributed by atoms with Gasteiger partial charge in [-0.15, -0.1) is 11.8 Å². The Morgan fingerprint density at radius 1 is 1.56 bits per heavy atom. The van der Waals surface area contributed by atoms with E-state index in [1.165, 1.54) is 0 Å². The summed E-state index contributed by atoms with van der Waals surface area (Å²) in [5, 5.41) is -0.0738. The number of imidazole rings is 1. The number of nitrogens with one attached hydrogen (secondary N) is 1. The Balaban J connectivity index is 2.37. The van der Waals surface area contributed by atoms with Crippen molar-refractivity contribution in [2.24, 2.45) is 0 Å². The molecule has 1 aromatic heterocycles. The molecule has 1 aliphatic heterocycles. The van der Waals surface area contributed by atoms with E-state index in [2.05, 4.69) is 4.98 Å². The van der Waals surface area contributed by atoms with Crippen LogP contribution in [0.3, 0.4) is 0 Å². The number of benzene rings is 1. The SMILES string of the molecule is CCC1Sc2cc(OC)cc3[nH]c(=S)n(c23)C1=O. The van der Waals surface area contributed by atoms with Gasteiger partial charge in [-0.05, 0) is 24.7 Å². The van der Waals surface area contributed by atoms with E-state index >= 15 is 0 Å². The van der Waals surface area contributed by atoms with Crippen LogP contribution in [0.5, 0.6) is 5.75 Å². The van der Waals surface area contributed by atoms with Gasteiger partial charge in [-0.2, -0.15) is 0 Å². The Morgan fingerprint density at radius 2 is 2.33 bits per heavy atom. The van der Waals surface area contributed by atoms with Gasteiger partial charge >= 0.3 is 0 Å². The molecule has 1 aromatic carbocycles. The molecule has 1 unspecified atom stereocenters. The Hall–Kier alpha value is -1.27. The molecule has 0 saturated carbocycles. The highest BCUT2D eigenvalue weighted by molar-refractivity contribution is 8.01. The van der Waals surface area contributed by atoms with E-state index in [4.69, 9.17) is 17.0 Å². The van der Waals surface area contributed by atoms with Crippen LogP contribution in [0, 0.1) is 4.77 Å². The zero-order valence-electron chi connectivity index (χ0n) is 10.0. The van der Waals surface area contributed by atoms with Crippen LogP contribution < -0.4 is 4.74 Å². The highest BCUT2D eigenvalue weighted by Gasteiger charge is 2.29. The number of hydrogen-bond acceptors (Lipinski definition) is 4. The summed E-state index contributed by atoms with van der Waals surface area (Å²) in [5.74, 6) is 0.842. The van der Waals surface area contributed by atoms with Crippen molar-refractivity contribution in [3.8, 4) is 5.75 Å². The summed E-state index contributed by atoms with van der Waals surface area (Å²) in [6, 6.07) is 3.83. The van der Waals surface area contributed by atoms with Gasteiger partial charge in [0.2, 0.25) is 5.91 Å². The first-order valence-corrected chi connectivity index (χ1v) is 6.98. The van der Waals surface area contributed by atoms with E-state index in [0.29, 0.717) is 4.77 Å². The fourth-order valence-corrected chi connectivity index (χ4v) is 3.67.